The highest BCUT2D eigenvalue weighted by Gasteiger charge is 2.37. The van der Waals surface area contributed by atoms with Gasteiger partial charge in [-0.2, -0.15) is 0 Å². The normalized spacial score (nSPS) is 25.4. The molecule has 2 aromatic rings. The topological polar surface area (TPSA) is 28.9 Å². The van der Waals surface area contributed by atoms with Gasteiger partial charge in [-0.15, -0.1) is 0 Å². The molecule has 23 heavy (non-hydrogen) atoms. The summed E-state index contributed by atoms with van der Waals surface area (Å²) in [5.41, 5.74) is 1.23. The second-order valence-corrected chi connectivity index (χ2v) is 6.45. The Balaban J connectivity index is 1.34. The van der Waals surface area contributed by atoms with Crippen LogP contribution in [-0.4, -0.2) is 48.1 Å². The summed E-state index contributed by atoms with van der Waals surface area (Å²) >= 11 is 0. The van der Waals surface area contributed by atoms with Crippen molar-refractivity contribution in [2.45, 2.75) is 25.1 Å². The average Bonchev–Trinajstić information content (AvgIpc) is 3.16. The van der Waals surface area contributed by atoms with E-state index in [9.17, 15) is 4.39 Å². The number of ether oxygens (including phenoxy) is 1. The Labute approximate surface area is 135 Å². The van der Waals surface area contributed by atoms with Gasteiger partial charge >= 0.3 is 0 Å². The highest BCUT2D eigenvalue weighted by molar-refractivity contribution is 5.23. The minimum atomic E-state index is -0.246. The van der Waals surface area contributed by atoms with Crippen LogP contribution in [0.5, 0.6) is 5.75 Å². The van der Waals surface area contributed by atoms with Gasteiger partial charge < -0.3 is 9.15 Å². The number of hydrogen-bond donors (Lipinski definition) is 0. The quantitative estimate of drug-likeness (QED) is 0.867. The number of rotatable bonds is 4. The molecule has 0 spiro atoms. The lowest BCUT2D eigenvalue weighted by molar-refractivity contribution is 0.0977. The third-order valence-electron chi connectivity index (χ3n) is 4.75. The molecule has 0 amide bonds. The summed E-state index contributed by atoms with van der Waals surface area (Å²) in [5, 5.41) is 0. The summed E-state index contributed by atoms with van der Waals surface area (Å²) in [6.45, 7) is 5.05. The second-order valence-electron chi connectivity index (χ2n) is 6.45. The van der Waals surface area contributed by atoms with Gasteiger partial charge in [0.1, 0.15) is 17.7 Å². The molecule has 0 unspecified atom stereocenters. The maximum absolute atomic E-state index is 13.3. The van der Waals surface area contributed by atoms with Gasteiger partial charge in [0.15, 0.2) is 0 Å². The van der Waals surface area contributed by atoms with Gasteiger partial charge in [-0.1, -0.05) is 6.07 Å². The van der Waals surface area contributed by atoms with Crippen LogP contribution in [0.25, 0.3) is 0 Å². The summed E-state index contributed by atoms with van der Waals surface area (Å²) in [6.07, 6.45) is 4.69. The predicted molar refractivity (Wildman–Crippen MR) is 84.8 cm³/mol. The van der Waals surface area contributed by atoms with Crippen molar-refractivity contribution in [3.63, 3.8) is 0 Å². The van der Waals surface area contributed by atoms with Gasteiger partial charge in [0, 0.05) is 56.8 Å². The van der Waals surface area contributed by atoms with Crippen molar-refractivity contribution in [2.24, 2.45) is 0 Å². The van der Waals surface area contributed by atoms with Crippen LogP contribution in [0.3, 0.4) is 0 Å². The molecule has 0 bridgehead atoms. The van der Waals surface area contributed by atoms with E-state index < -0.39 is 0 Å². The lowest BCUT2D eigenvalue weighted by Gasteiger charge is -2.36. The Morgan fingerprint density at radius 2 is 2.17 bits per heavy atom. The number of fused-ring (bicyclic) bond motifs is 1. The lowest BCUT2D eigenvalue weighted by atomic mass is 10.1. The summed E-state index contributed by atoms with van der Waals surface area (Å²) in [7, 11) is 0. The molecule has 0 aliphatic carbocycles. The van der Waals surface area contributed by atoms with Crippen LogP contribution in [0.15, 0.2) is 47.3 Å². The first-order valence-corrected chi connectivity index (χ1v) is 8.16. The van der Waals surface area contributed by atoms with Crippen LogP contribution in [0.2, 0.25) is 0 Å². The average molecular weight is 316 g/mol. The molecule has 122 valence electrons. The molecule has 2 fully saturated rings. The Bertz CT molecular complexity index is 646. The van der Waals surface area contributed by atoms with E-state index in [1.54, 1.807) is 12.3 Å². The molecule has 1 aromatic carbocycles. The highest BCUT2D eigenvalue weighted by atomic mass is 19.1. The van der Waals surface area contributed by atoms with E-state index in [1.807, 2.05) is 18.4 Å². The fourth-order valence-electron chi connectivity index (χ4n) is 3.66. The molecule has 5 heteroatoms. The van der Waals surface area contributed by atoms with Crippen molar-refractivity contribution >= 4 is 0 Å². The molecular formula is C18H21FN2O2. The van der Waals surface area contributed by atoms with E-state index >= 15 is 0 Å². The zero-order chi connectivity index (χ0) is 15.6. The zero-order valence-electron chi connectivity index (χ0n) is 13.0. The minimum Gasteiger partial charge on any atom is -0.489 e. The van der Waals surface area contributed by atoms with Gasteiger partial charge in [-0.3, -0.25) is 9.80 Å². The maximum atomic E-state index is 13.3. The van der Waals surface area contributed by atoms with Gasteiger partial charge in [0.25, 0.3) is 0 Å². The van der Waals surface area contributed by atoms with Gasteiger partial charge in [-0.05, 0) is 18.2 Å². The van der Waals surface area contributed by atoms with E-state index in [1.165, 1.54) is 17.7 Å². The molecule has 2 aliphatic heterocycles. The molecule has 4 rings (SSSR count). The summed E-state index contributed by atoms with van der Waals surface area (Å²) in [4.78, 5) is 4.96. The first-order valence-electron chi connectivity index (χ1n) is 8.16. The SMILES string of the molecule is Fc1cccc(O[C@H]2C[C@@H]3CN(Cc4ccoc4)CCN3C2)c1. The van der Waals surface area contributed by atoms with Crippen LogP contribution in [0.4, 0.5) is 4.39 Å². The van der Waals surface area contributed by atoms with Crippen molar-refractivity contribution in [2.75, 3.05) is 26.2 Å². The predicted octanol–water partition coefficient (Wildman–Crippen LogP) is 2.76. The largest absolute Gasteiger partial charge is 0.489 e. The van der Waals surface area contributed by atoms with Crippen LogP contribution < -0.4 is 4.74 Å². The van der Waals surface area contributed by atoms with Crippen LogP contribution >= 0.6 is 0 Å². The van der Waals surface area contributed by atoms with Gasteiger partial charge in [0.2, 0.25) is 0 Å². The van der Waals surface area contributed by atoms with E-state index in [4.69, 9.17) is 9.15 Å². The van der Waals surface area contributed by atoms with E-state index in [2.05, 4.69) is 9.80 Å². The Morgan fingerprint density at radius 1 is 1.22 bits per heavy atom. The van der Waals surface area contributed by atoms with E-state index in [0.717, 1.165) is 39.1 Å². The number of hydrogen-bond acceptors (Lipinski definition) is 4. The Hall–Kier alpha value is -1.85. The number of piperazine rings is 1. The summed E-state index contributed by atoms with van der Waals surface area (Å²) in [5.74, 6) is 0.384. The van der Waals surface area contributed by atoms with Crippen molar-refractivity contribution in [3.8, 4) is 5.75 Å². The zero-order valence-corrected chi connectivity index (χ0v) is 13.0. The fraction of sp³-hybridized carbons (Fsp3) is 0.444. The third kappa shape index (κ3) is 3.41. The molecule has 0 N–H and O–H groups in total. The van der Waals surface area contributed by atoms with Crippen molar-refractivity contribution in [1.82, 2.24) is 9.80 Å². The third-order valence-corrected chi connectivity index (χ3v) is 4.75. The molecule has 0 radical (unpaired) electrons. The van der Waals surface area contributed by atoms with Crippen LogP contribution in [0, 0.1) is 5.82 Å². The standard InChI is InChI=1S/C18H21FN2O2/c19-15-2-1-3-17(8-15)23-18-9-16-11-20(5-6-21(16)12-18)10-14-4-7-22-13-14/h1-4,7-8,13,16,18H,5-6,9-12H2/t16-,18+/m1/s1. The Morgan fingerprint density at radius 3 is 3.00 bits per heavy atom. The maximum Gasteiger partial charge on any atom is 0.126 e. The highest BCUT2D eigenvalue weighted by Crippen LogP contribution is 2.26. The van der Waals surface area contributed by atoms with Crippen molar-refractivity contribution < 1.29 is 13.5 Å². The molecule has 4 nitrogen and oxygen atoms in total. The lowest BCUT2D eigenvalue weighted by Crippen LogP contribution is -2.49. The molecule has 2 atom stereocenters. The smallest absolute Gasteiger partial charge is 0.126 e. The van der Waals surface area contributed by atoms with Crippen LogP contribution in [-0.2, 0) is 6.54 Å². The molecule has 3 heterocycles. The Kier molecular flexibility index (Phi) is 4.06. The molecule has 2 aliphatic rings. The molecular weight excluding hydrogens is 295 g/mol. The van der Waals surface area contributed by atoms with Crippen LogP contribution in [0.1, 0.15) is 12.0 Å². The fourth-order valence-corrected chi connectivity index (χ4v) is 3.66. The molecule has 0 saturated carbocycles. The minimum absolute atomic E-state index is 0.149. The summed E-state index contributed by atoms with van der Waals surface area (Å²) < 4.78 is 24.4. The first kappa shape index (κ1) is 14.7. The van der Waals surface area contributed by atoms with Crippen molar-refractivity contribution in [1.29, 1.82) is 0 Å². The van der Waals surface area contributed by atoms with Gasteiger partial charge in [0.05, 0.1) is 12.5 Å². The molecule has 1 aromatic heterocycles. The number of benzene rings is 1. The summed E-state index contributed by atoms with van der Waals surface area (Å²) in [6, 6.07) is 8.97. The second kappa shape index (κ2) is 6.34. The van der Waals surface area contributed by atoms with Gasteiger partial charge in [-0.25, -0.2) is 4.39 Å². The number of furan rings is 1. The van der Waals surface area contributed by atoms with E-state index in [0.29, 0.717) is 11.8 Å². The van der Waals surface area contributed by atoms with E-state index in [-0.39, 0.29) is 11.9 Å². The number of nitrogens with zero attached hydrogens (tertiary/aromatic N) is 2. The first-order chi connectivity index (χ1) is 11.3. The number of halogens is 1. The molecule has 2 saturated heterocycles. The monoisotopic (exact) mass is 316 g/mol. The van der Waals surface area contributed by atoms with Crippen molar-refractivity contribution in [3.05, 3.63) is 54.2 Å².